The van der Waals surface area contributed by atoms with Gasteiger partial charge in [0.25, 0.3) is 5.56 Å². The number of phenolic OH excluding ortho intramolecular Hbond substituents is 1. The summed E-state index contributed by atoms with van der Waals surface area (Å²) in [6, 6.07) is 15.8. The second-order valence-corrected chi connectivity index (χ2v) is 13.6. The summed E-state index contributed by atoms with van der Waals surface area (Å²) >= 11 is 0. The highest BCUT2D eigenvalue weighted by atomic mass is 19.1. The lowest BCUT2D eigenvalue weighted by Gasteiger charge is -2.30. The number of aromatic hydroxyl groups is 1. The third-order valence-corrected chi connectivity index (χ3v) is 10.3. The van der Waals surface area contributed by atoms with Gasteiger partial charge in [0, 0.05) is 45.0 Å². The fourth-order valence-electron chi connectivity index (χ4n) is 7.48. The number of nitrogens with zero attached hydrogens (tertiary/aromatic N) is 6. The summed E-state index contributed by atoms with van der Waals surface area (Å²) < 4.78 is 24.7. The highest BCUT2D eigenvalue weighted by molar-refractivity contribution is 5.77. The molecule has 7 rings (SSSR count). The third kappa shape index (κ3) is 7.14. The number of aromatic nitrogens is 5. The Morgan fingerprint density at radius 1 is 1.02 bits per heavy atom. The van der Waals surface area contributed by atoms with Gasteiger partial charge in [-0.25, -0.2) is 18.7 Å². The maximum absolute atomic E-state index is 14.6. The number of hydrogen-bond acceptors (Lipinski definition) is 8. The molecule has 0 unspecified atom stereocenters. The molecule has 3 aromatic heterocycles. The number of halogens is 1. The van der Waals surface area contributed by atoms with Crippen molar-refractivity contribution in [3.63, 3.8) is 0 Å². The number of phenols is 1. The molecule has 4 heterocycles. The van der Waals surface area contributed by atoms with E-state index in [-0.39, 0.29) is 22.8 Å². The van der Waals surface area contributed by atoms with Crippen LogP contribution in [0.25, 0.3) is 27.8 Å². The molecule has 12 heteroatoms. The lowest BCUT2D eigenvalue weighted by Crippen LogP contribution is -2.43. The monoisotopic (exact) mass is 681 g/mol. The average molecular weight is 682 g/mol. The summed E-state index contributed by atoms with van der Waals surface area (Å²) in [6.07, 6.45) is 5.20. The molecule has 0 spiro atoms. The molecule has 11 nitrogen and oxygen atoms in total. The Bertz CT molecular complexity index is 2090. The van der Waals surface area contributed by atoms with Crippen molar-refractivity contribution in [3.05, 3.63) is 104 Å². The van der Waals surface area contributed by atoms with Gasteiger partial charge < -0.3 is 15.2 Å². The summed E-state index contributed by atoms with van der Waals surface area (Å²) in [5.41, 5.74) is 4.52. The van der Waals surface area contributed by atoms with Gasteiger partial charge in [-0.1, -0.05) is 18.2 Å². The molecule has 0 amide bonds. The first-order valence-corrected chi connectivity index (χ1v) is 17.5. The molecule has 50 heavy (non-hydrogen) atoms. The van der Waals surface area contributed by atoms with Crippen LogP contribution < -0.4 is 16.6 Å². The van der Waals surface area contributed by atoms with Gasteiger partial charge in [-0.3, -0.25) is 18.9 Å². The van der Waals surface area contributed by atoms with Gasteiger partial charge >= 0.3 is 5.69 Å². The maximum atomic E-state index is 14.6. The SMILES string of the molecule is Cc1cc(CNCCC2CCC(n3c(=O)c4cc(F)cnc4n(-c4cccc(-c5ccc(O)cc5CN5CCOCC5)c4)c3=O)CC2)nn1C. The van der Waals surface area contributed by atoms with E-state index in [4.69, 9.17) is 4.74 Å². The fraction of sp³-hybridized carbons (Fsp3) is 0.421. The molecule has 2 aromatic carbocycles. The molecule has 2 N–H and O–H groups in total. The van der Waals surface area contributed by atoms with Crippen molar-refractivity contribution < 1.29 is 14.2 Å². The maximum Gasteiger partial charge on any atom is 0.337 e. The number of nitrogens with one attached hydrogen (secondary N) is 1. The van der Waals surface area contributed by atoms with Crippen LogP contribution in [-0.2, 0) is 24.9 Å². The first kappa shape index (κ1) is 33.8. The lowest BCUT2D eigenvalue weighted by molar-refractivity contribution is 0.0342. The number of aryl methyl sites for hydroxylation is 2. The predicted octanol–water partition coefficient (Wildman–Crippen LogP) is 4.84. The molecule has 0 radical (unpaired) electrons. The van der Waals surface area contributed by atoms with Gasteiger partial charge in [-0.2, -0.15) is 5.10 Å². The van der Waals surface area contributed by atoms with Crippen LogP contribution in [0.2, 0.25) is 0 Å². The largest absolute Gasteiger partial charge is 0.508 e. The number of morpholine rings is 1. The highest BCUT2D eigenvalue weighted by Crippen LogP contribution is 2.33. The second-order valence-electron chi connectivity index (χ2n) is 13.6. The molecule has 1 aliphatic heterocycles. The molecule has 0 atom stereocenters. The first-order valence-electron chi connectivity index (χ1n) is 17.5. The molecular weight excluding hydrogens is 637 g/mol. The van der Waals surface area contributed by atoms with E-state index in [1.165, 1.54) is 15.2 Å². The van der Waals surface area contributed by atoms with Crippen molar-refractivity contribution >= 4 is 11.0 Å². The number of benzene rings is 2. The summed E-state index contributed by atoms with van der Waals surface area (Å²) in [5.74, 6) is 0.0311. The Hall–Kier alpha value is -4.65. The van der Waals surface area contributed by atoms with E-state index in [9.17, 15) is 19.1 Å². The molecule has 1 aliphatic carbocycles. The summed E-state index contributed by atoms with van der Waals surface area (Å²) in [7, 11) is 1.94. The Kier molecular flexibility index (Phi) is 9.93. The molecule has 1 saturated heterocycles. The summed E-state index contributed by atoms with van der Waals surface area (Å²) in [4.78, 5) is 34.8. The number of pyridine rings is 1. The fourth-order valence-corrected chi connectivity index (χ4v) is 7.48. The van der Waals surface area contributed by atoms with Gasteiger partial charge in [0.05, 0.1) is 36.2 Å². The van der Waals surface area contributed by atoms with Crippen molar-refractivity contribution in [2.24, 2.45) is 13.0 Å². The third-order valence-electron chi connectivity index (χ3n) is 10.3. The van der Waals surface area contributed by atoms with Gasteiger partial charge in [0.15, 0.2) is 5.65 Å². The van der Waals surface area contributed by atoms with Crippen LogP contribution in [0.15, 0.2) is 70.4 Å². The van der Waals surface area contributed by atoms with Crippen LogP contribution in [0.4, 0.5) is 4.39 Å². The second kappa shape index (κ2) is 14.7. The minimum Gasteiger partial charge on any atom is -0.508 e. The normalized spacial score (nSPS) is 18.5. The van der Waals surface area contributed by atoms with E-state index in [1.807, 2.05) is 49.0 Å². The van der Waals surface area contributed by atoms with Crippen LogP contribution in [0.5, 0.6) is 5.75 Å². The zero-order chi connectivity index (χ0) is 34.8. The number of rotatable bonds is 10. The Labute approximate surface area is 290 Å². The highest BCUT2D eigenvalue weighted by Gasteiger charge is 2.27. The van der Waals surface area contributed by atoms with Crippen LogP contribution in [0.3, 0.4) is 0 Å². The summed E-state index contributed by atoms with van der Waals surface area (Å²) in [6.45, 7) is 7.17. The number of hydrogen-bond donors (Lipinski definition) is 2. The lowest BCUT2D eigenvalue weighted by atomic mass is 9.84. The molecule has 1 saturated carbocycles. The molecule has 262 valence electrons. The Morgan fingerprint density at radius 2 is 1.82 bits per heavy atom. The van der Waals surface area contributed by atoms with E-state index in [0.29, 0.717) is 44.2 Å². The van der Waals surface area contributed by atoms with E-state index < -0.39 is 17.1 Å². The zero-order valence-electron chi connectivity index (χ0n) is 28.6. The van der Waals surface area contributed by atoms with Crippen molar-refractivity contribution in [1.29, 1.82) is 0 Å². The summed E-state index contributed by atoms with van der Waals surface area (Å²) in [5, 5.41) is 18.4. The van der Waals surface area contributed by atoms with Gasteiger partial charge in [-0.15, -0.1) is 0 Å². The van der Waals surface area contributed by atoms with Gasteiger partial charge in [-0.05, 0) is 105 Å². The first-order chi connectivity index (χ1) is 24.2. The molecule has 2 aliphatic rings. The van der Waals surface area contributed by atoms with Crippen LogP contribution in [0.1, 0.15) is 55.1 Å². The van der Waals surface area contributed by atoms with Gasteiger partial charge in [0.2, 0.25) is 0 Å². The smallest absolute Gasteiger partial charge is 0.337 e. The molecule has 5 aromatic rings. The molecular formula is C38H44FN7O4. The van der Waals surface area contributed by atoms with Crippen LogP contribution in [-0.4, -0.2) is 66.8 Å². The Morgan fingerprint density at radius 3 is 2.58 bits per heavy atom. The van der Waals surface area contributed by atoms with E-state index in [2.05, 4.69) is 26.4 Å². The quantitative estimate of drug-likeness (QED) is 0.201. The standard InChI is InChI=1S/C38H44FN7O4/c1-25-18-30(42-43(25)2)23-40-13-12-26-6-8-31(9-7-26)46-37(48)35-21-29(39)22-41-36(35)45(38(46)49)32-5-3-4-27(19-32)34-11-10-33(47)20-28(34)24-44-14-16-50-17-15-44/h3-5,10-11,18-22,26,31,40,47H,6-9,12-17,23-24H2,1-2H3. The van der Waals surface area contributed by atoms with Crippen molar-refractivity contribution in [2.75, 3.05) is 32.8 Å². The van der Waals surface area contributed by atoms with Crippen LogP contribution >= 0.6 is 0 Å². The van der Waals surface area contributed by atoms with E-state index in [0.717, 1.165) is 79.7 Å². The average Bonchev–Trinajstić information content (AvgIpc) is 3.44. The van der Waals surface area contributed by atoms with E-state index in [1.54, 1.807) is 12.1 Å². The van der Waals surface area contributed by atoms with Crippen molar-refractivity contribution in [2.45, 2.75) is 58.2 Å². The predicted molar refractivity (Wildman–Crippen MR) is 190 cm³/mol. The minimum atomic E-state index is -0.631. The van der Waals surface area contributed by atoms with Gasteiger partial charge in [0.1, 0.15) is 11.6 Å². The zero-order valence-corrected chi connectivity index (χ0v) is 28.6. The minimum absolute atomic E-state index is 0.0729. The Balaban J connectivity index is 1.15. The molecule has 2 fully saturated rings. The molecule has 0 bridgehead atoms. The van der Waals surface area contributed by atoms with Crippen molar-refractivity contribution in [3.8, 4) is 22.6 Å². The topological polar surface area (TPSA) is 119 Å². The van der Waals surface area contributed by atoms with E-state index >= 15 is 0 Å². The number of fused-ring (bicyclic) bond motifs is 1. The van der Waals surface area contributed by atoms with Crippen molar-refractivity contribution in [1.82, 2.24) is 34.1 Å². The number of ether oxygens (including phenoxy) is 1. The van der Waals surface area contributed by atoms with Crippen LogP contribution in [0, 0.1) is 18.7 Å².